The molecule has 1 atom stereocenters. The number of aliphatic carboxylic acids is 1. The fraction of sp³-hybridized carbons (Fsp3) is 0.600. The Balaban J connectivity index is 4.12. The van der Waals surface area contributed by atoms with E-state index in [1.165, 1.54) is 41.0 Å². The Bertz CT molecular complexity index is 655. The van der Waals surface area contributed by atoms with Gasteiger partial charge < -0.3 is 10.4 Å². The Morgan fingerprint density at radius 3 is 1.70 bits per heavy atom. The van der Waals surface area contributed by atoms with Crippen molar-refractivity contribution in [2.24, 2.45) is 0 Å². The third-order valence-corrected chi connectivity index (χ3v) is 5.64. The van der Waals surface area contributed by atoms with Crippen LogP contribution in [0.5, 0.6) is 0 Å². The molecule has 0 aliphatic rings. The van der Waals surface area contributed by atoms with Crippen LogP contribution in [-0.4, -0.2) is 34.5 Å². The molecule has 4 nitrogen and oxygen atoms in total. The molecule has 0 aromatic heterocycles. The van der Waals surface area contributed by atoms with Crippen molar-refractivity contribution in [2.75, 3.05) is 11.5 Å². The van der Waals surface area contributed by atoms with E-state index in [4.69, 9.17) is 5.11 Å². The molecular formula is C25H41NO3S. The van der Waals surface area contributed by atoms with E-state index in [0.29, 0.717) is 5.75 Å². The predicted molar refractivity (Wildman–Crippen MR) is 131 cm³/mol. The van der Waals surface area contributed by atoms with Gasteiger partial charge in [-0.25, -0.2) is 4.79 Å². The normalized spacial score (nSPS) is 13.7. The van der Waals surface area contributed by atoms with Crippen LogP contribution in [0.2, 0.25) is 0 Å². The number of carbonyl (C=O) groups is 2. The van der Waals surface area contributed by atoms with Gasteiger partial charge in [0, 0.05) is 18.4 Å². The summed E-state index contributed by atoms with van der Waals surface area (Å²) >= 11 is 1.52. The van der Waals surface area contributed by atoms with Crippen LogP contribution in [0.25, 0.3) is 0 Å². The van der Waals surface area contributed by atoms with E-state index in [2.05, 4.69) is 64.2 Å². The number of allylic oxidation sites excluding steroid dienone is 7. The van der Waals surface area contributed by atoms with Crippen molar-refractivity contribution in [1.29, 1.82) is 0 Å². The third kappa shape index (κ3) is 17.1. The first-order valence-corrected chi connectivity index (χ1v) is 11.9. The molecule has 0 fully saturated rings. The molecule has 30 heavy (non-hydrogen) atoms. The van der Waals surface area contributed by atoms with Crippen LogP contribution in [-0.2, 0) is 9.59 Å². The second-order valence-electron chi connectivity index (χ2n) is 8.18. The number of carbonyl (C=O) groups excluding carboxylic acids is 1. The van der Waals surface area contributed by atoms with Crippen LogP contribution in [0.3, 0.4) is 0 Å². The summed E-state index contributed by atoms with van der Waals surface area (Å²) in [7, 11) is 0. The van der Waals surface area contributed by atoms with E-state index in [1.54, 1.807) is 0 Å². The van der Waals surface area contributed by atoms with Gasteiger partial charge in [0.25, 0.3) is 0 Å². The summed E-state index contributed by atoms with van der Waals surface area (Å²) < 4.78 is 0. The molecule has 0 aromatic carbocycles. The predicted octanol–water partition coefficient (Wildman–Crippen LogP) is 6.45. The Morgan fingerprint density at radius 1 is 0.800 bits per heavy atom. The largest absolute Gasteiger partial charge is 0.480 e. The van der Waals surface area contributed by atoms with Crippen LogP contribution in [0.15, 0.2) is 46.6 Å². The van der Waals surface area contributed by atoms with Gasteiger partial charge in [0.2, 0.25) is 5.91 Å². The van der Waals surface area contributed by atoms with Gasteiger partial charge >= 0.3 is 5.97 Å². The molecule has 170 valence electrons. The fourth-order valence-electron chi connectivity index (χ4n) is 2.79. The lowest BCUT2D eigenvalue weighted by Gasteiger charge is -2.12. The number of thioether (sulfide) groups is 1. The summed E-state index contributed by atoms with van der Waals surface area (Å²) in [6.45, 7) is 12.2. The van der Waals surface area contributed by atoms with Gasteiger partial charge in [-0.3, -0.25) is 4.79 Å². The highest BCUT2D eigenvalue weighted by Crippen LogP contribution is 2.14. The van der Waals surface area contributed by atoms with E-state index in [0.717, 1.165) is 44.3 Å². The standard InChI is InChI=1S/C25H41NO3S/c1-19(2)10-7-11-20(3)12-8-13-21(4)14-9-15-22(5)16-17-30-18-24(25(28)29)26-23(6)27/h10,12,14,16,24H,7-9,11,13,15,17-18H2,1-6H3,(H,26,27)(H,28,29)/b20-12+,21-14-,22-16+/t24-/m0/s1. The van der Waals surface area contributed by atoms with E-state index < -0.39 is 12.0 Å². The smallest absolute Gasteiger partial charge is 0.327 e. The number of carboxylic acid groups (broad SMARTS) is 1. The monoisotopic (exact) mass is 435 g/mol. The maximum Gasteiger partial charge on any atom is 0.327 e. The zero-order chi connectivity index (χ0) is 22.9. The molecule has 0 aliphatic heterocycles. The maximum absolute atomic E-state index is 11.1. The number of nitrogens with one attached hydrogen (secondary N) is 1. The van der Waals surface area contributed by atoms with Gasteiger partial charge in [-0.15, -0.1) is 0 Å². The van der Waals surface area contributed by atoms with Gasteiger partial charge in [-0.2, -0.15) is 11.8 Å². The minimum absolute atomic E-state index is 0.314. The first-order valence-electron chi connectivity index (χ1n) is 10.8. The molecule has 0 bridgehead atoms. The molecule has 5 heteroatoms. The molecule has 0 unspecified atom stereocenters. The number of hydrogen-bond acceptors (Lipinski definition) is 3. The molecule has 0 saturated heterocycles. The Morgan fingerprint density at radius 2 is 1.27 bits per heavy atom. The third-order valence-electron chi connectivity index (χ3n) is 4.66. The van der Waals surface area contributed by atoms with E-state index in [-0.39, 0.29) is 5.91 Å². The maximum atomic E-state index is 11.1. The summed E-state index contributed by atoms with van der Waals surface area (Å²) in [5.74, 6) is -0.170. The minimum Gasteiger partial charge on any atom is -0.480 e. The van der Waals surface area contributed by atoms with Crippen LogP contribution in [0.4, 0.5) is 0 Å². The molecule has 0 saturated carbocycles. The molecule has 0 radical (unpaired) electrons. The Labute approximate surface area is 188 Å². The lowest BCUT2D eigenvalue weighted by atomic mass is 10.0. The minimum atomic E-state index is -0.989. The molecule has 1 amide bonds. The van der Waals surface area contributed by atoms with E-state index in [9.17, 15) is 9.59 Å². The van der Waals surface area contributed by atoms with Crippen molar-refractivity contribution in [1.82, 2.24) is 5.32 Å². The van der Waals surface area contributed by atoms with Gasteiger partial charge in [0.05, 0.1) is 0 Å². The summed E-state index contributed by atoms with van der Waals surface area (Å²) in [6, 6.07) is -0.822. The Hall–Kier alpha value is -1.75. The topological polar surface area (TPSA) is 66.4 Å². The molecule has 0 aliphatic carbocycles. The van der Waals surface area contributed by atoms with E-state index in [1.807, 2.05) is 0 Å². The van der Waals surface area contributed by atoms with Crippen molar-refractivity contribution in [3.8, 4) is 0 Å². The van der Waals surface area contributed by atoms with Gasteiger partial charge in [0.1, 0.15) is 6.04 Å². The van der Waals surface area contributed by atoms with Crippen molar-refractivity contribution >= 4 is 23.6 Å². The molecule has 0 spiro atoms. The average Bonchev–Trinajstić information content (AvgIpc) is 2.63. The molecular weight excluding hydrogens is 394 g/mol. The summed E-state index contributed by atoms with van der Waals surface area (Å²) in [5.41, 5.74) is 5.61. The number of amides is 1. The molecule has 2 N–H and O–H groups in total. The van der Waals surface area contributed by atoms with Crippen LogP contribution in [0.1, 0.15) is 80.1 Å². The van der Waals surface area contributed by atoms with Crippen molar-refractivity contribution in [3.05, 3.63) is 46.6 Å². The lowest BCUT2D eigenvalue weighted by Crippen LogP contribution is -2.41. The number of rotatable bonds is 15. The van der Waals surface area contributed by atoms with Crippen LogP contribution < -0.4 is 5.32 Å². The van der Waals surface area contributed by atoms with Crippen molar-refractivity contribution in [3.63, 3.8) is 0 Å². The second kappa shape index (κ2) is 17.0. The first kappa shape index (κ1) is 28.2. The molecule has 0 rings (SSSR count). The fourth-order valence-corrected chi connectivity index (χ4v) is 3.79. The second-order valence-corrected chi connectivity index (χ2v) is 9.25. The Kier molecular flexibility index (Phi) is 16.0. The van der Waals surface area contributed by atoms with Crippen LogP contribution in [0, 0.1) is 0 Å². The summed E-state index contributed by atoms with van der Waals surface area (Å²) in [5, 5.41) is 11.6. The highest BCUT2D eigenvalue weighted by Gasteiger charge is 2.17. The highest BCUT2D eigenvalue weighted by atomic mass is 32.2. The van der Waals surface area contributed by atoms with E-state index >= 15 is 0 Å². The number of carboxylic acids is 1. The first-order chi connectivity index (χ1) is 14.1. The van der Waals surface area contributed by atoms with Crippen molar-refractivity contribution in [2.45, 2.75) is 86.1 Å². The molecule has 0 aromatic rings. The zero-order valence-corrected chi connectivity index (χ0v) is 20.5. The summed E-state index contributed by atoms with van der Waals surface area (Å²) in [4.78, 5) is 22.1. The molecule has 0 heterocycles. The zero-order valence-electron chi connectivity index (χ0n) is 19.7. The number of hydrogen-bond donors (Lipinski definition) is 2. The van der Waals surface area contributed by atoms with Gasteiger partial charge in [0.15, 0.2) is 0 Å². The average molecular weight is 436 g/mol. The van der Waals surface area contributed by atoms with Crippen LogP contribution >= 0.6 is 11.8 Å². The summed E-state index contributed by atoms with van der Waals surface area (Å²) in [6.07, 6.45) is 15.7. The SMILES string of the molecule is CC(=O)N[C@@H](CSC/C=C(\C)CC/C=C(/C)CC/C=C(\C)CCC=C(C)C)C(=O)O. The van der Waals surface area contributed by atoms with Crippen molar-refractivity contribution < 1.29 is 14.7 Å². The van der Waals surface area contributed by atoms with Gasteiger partial charge in [-0.05, 0) is 73.1 Å². The quantitative estimate of drug-likeness (QED) is 0.229. The van der Waals surface area contributed by atoms with Gasteiger partial charge in [-0.1, -0.05) is 46.6 Å². The lowest BCUT2D eigenvalue weighted by molar-refractivity contribution is -0.140. The highest BCUT2D eigenvalue weighted by molar-refractivity contribution is 7.99.